The molecule has 1 aromatic rings. The molecule has 4 nitrogen and oxygen atoms in total. The summed E-state index contributed by atoms with van der Waals surface area (Å²) in [7, 11) is -1.82. The average Bonchev–Trinajstić information content (AvgIpc) is 2.33. The number of aliphatic hydroxyl groups excluding tert-OH is 1. The number of rotatable bonds is 3. The van der Waals surface area contributed by atoms with E-state index in [9.17, 15) is 13.5 Å². The summed E-state index contributed by atoms with van der Waals surface area (Å²) < 4.78 is 28.5. The van der Waals surface area contributed by atoms with Crippen LogP contribution in [0.1, 0.15) is 31.7 Å². The molecule has 0 aliphatic heterocycles. The van der Waals surface area contributed by atoms with E-state index >= 15 is 0 Å². The van der Waals surface area contributed by atoms with Crippen LogP contribution in [-0.2, 0) is 9.84 Å². The summed E-state index contributed by atoms with van der Waals surface area (Å²) in [5, 5.41) is 9.79. The highest BCUT2D eigenvalue weighted by Gasteiger charge is 2.47. The van der Waals surface area contributed by atoms with Crippen molar-refractivity contribution < 1.29 is 18.3 Å². The number of ether oxygens (including phenoxy) is 1. The minimum Gasteiger partial charge on any atom is -0.495 e. The van der Waals surface area contributed by atoms with Crippen LogP contribution in [0.3, 0.4) is 0 Å². The maximum atomic E-state index is 11.6. The molecular formula is C14H20O4S. The smallest absolute Gasteiger partial charge is 0.179 e. The third-order valence-electron chi connectivity index (χ3n) is 4.21. The van der Waals surface area contributed by atoms with Crippen LogP contribution in [-0.4, -0.2) is 33.0 Å². The van der Waals surface area contributed by atoms with Gasteiger partial charge in [-0.2, -0.15) is 0 Å². The van der Waals surface area contributed by atoms with Gasteiger partial charge in [0.05, 0.1) is 13.2 Å². The Labute approximate surface area is 114 Å². The molecule has 5 heteroatoms. The van der Waals surface area contributed by atoms with Gasteiger partial charge in [-0.25, -0.2) is 8.42 Å². The minimum absolute atomic E-state index is 0.183. The van der Waals surface area contributed by atoms with Gasteiger partial charge in [0.2, 0.25) is 0 Å². The highest BCUT2D eigenvalue weighted by atomic mass is 32.2. The monoisotopic (exact) mass is 284 g/mol. The lowest BCUT2D eigenvalue weighted by Crippen LogP contribution is -2.47. The normalized spacial score (nSPS) is 25.7. The van der Waals surface area contributed by atoms with Gasteiger partial charge in [-0.15, -0.1) is 0 Å². The molecule has 1 aromatic carbocycles. The minimum atomic E-state index is -3.29. The van der Waals surface area contributed by atoms with Crippen LogP contribution in [0.15, 0.2) is 23.1 Å². The molecule has 2 rings (SSSR count). The molecule has 0 bridgehead atoms. The van der Waals surface area contributed by atoms with Crippen molar-refractivity contribution in [2.24, 2.45) is 5.41 Å². The first kappa shape index (κ1) is 14.3. The molecule has 0 saturated heterocycles. The van der Waals surface area contributed by atoms with Gasteiger partial charge in [0.1, 0.15) is 10.6 Å². The largest absolute Gasteiger partial charge is 0.495 e. The molecule has 0 heterocycles. The van der Waals surface area contributed by atoms with Crippen molar-refractivity contribution in [1.29, 1.82) is 0 Å². The molecule has 0 amide bonds. The van der Waals surface area contributed by atoms with Crippen LogP contribution in [0.5, 0.6) is 5.75 Å². The van der Waals surface area contributed by atoms with Gasteiger partial charge in [-0.1, -0.05) is 19.9 Å². The highest BCUT2D eigenvalue weighted by molar-refractivity contribution is 7.90. The second-order valence-corrected chi connectivity index (χ2v) is 7.79. The number of sulfone groups is 1. The molecule has 2 atom stereocenters. The zero-order chi connectivity index (χ0) is 14.4. The number of aliphatic hydroxyl groups is 1. The Kier molecular flexibility index (Phi) is 3.39. The molecule has 1 N–H and O–H groups in total. The van der Waals surface area contributed by atoms with Crippen LogP contribution in [0.4, 0.5) is 0 Å². The van der Waals surface area contributed by atoms with Crippen molar-refractivity contribution in [3.63, 3.8) is 0 Å². The molecule has 106 valence electrons. The lowest BCUT2D eigenvalue weighted by Gasteiger charge is -2.49. The lowest BCUT2D eigenvalue weighted by molar-refractivity contribution is -0.0626. The predicted molar refractivity (Wildman–Crippen MR) is 73.2 cm³/mol. The second-order valence-electron chi connectivity index (χ2n) is 5.81. The van der Waals surface area contributed by atoms with E-state index in [1.54, 1.807) is 12.1 Å². The Bertz CT molecular complexity index is 589. The quantitative estimate of drug-likeness (QED) is 0.921. The standard InChI is InChI=1S/C14H20O4S/c1-14(2)10(8-13(14)15)9-5-6-12(19(4,16)17)11(7-9)18-3/h5-7,10,13,15H,8H2,1-4H3. The third-order valence-corrected chi connectivity index (χ3v) is 5.34. The number of hydrogen-bond donors (Lipinski definition) is 1. The van der Waals surface area contributed by atoms with Crippen molar-refractivity contribution in [2.45, 2.75) is 37.2 Å². The van der Waals surface area contributed by atoms with Gasteiger partial charge in [-0.3, -0.25) is 0 Å². The number of benzene rings is 1. The van der Waals surface area contributed by atoms with Gasteiger partial charge < -0.3 is 9.84 Å². The van der Waals surface area contributed by atoms with Crippen LogP contribution >= 0.6 is 0 Å². The Morgan fingerprint density at radius 3 is 2.42 bits per heavy atom. The summed E-state index contributed by atoms with van der Waals surface area (Å²) in [5.74, 6) is 0.599. The zero-order valence-electron chi connectivity index (χ0n) is 11.7. The van der Waals surface area contributed by atoms with E-state index in [2.05, 4.69) is 0 Å². The van der Waals surface area contributed by atoms with Crippen molar-refractivity contribution >= 4 is 9.84 Å². The molecule has 1 saturated carbocycles. The van der Waals surface area contributed by atoms with E-state index in [0.29, 0.717) is 12.2 Å². The molecule has 2 unspecified atom stereocenters. The van der Waals surface area contributed by atoms with Gasteiger partial charge >= 0.3 is 0 Å². The lowest BCUT2D eigenvalue weighted by atomic mass is 9.58. The number of hydrogen-bond acceptors (Lipinski definition) is 4. The molecule has 0 radical (unpaired) electrons. The van der Waals surface area contributed by atoms with E-state index < -0.39 is 9.84 Å². The third kappa shape index (κ3) is 2.37. The van der Waals surface area contributed by atoms with Crippen LogP contribution < -0.4 is 4.74 Å². The molecular weight excluding hydrogens is 264 g/mol. The van der Waals surface area contributed by atoms with Crippen molar-refractivity contribution in [2.75, 3.05) is 13.4 Å². The topological polar surface area (TPSA) is 63.6 Å². The molecule has 0 aromatic heterocycles. The zero-order valence-corrected chi connectivity index (χ0v) is 12.5. The maximum Gasteiger partial charge on any atom is 0.179 e. The second kappa shape index (κ2) is 4.49. The Hall–Kier alpha value is -1.07. The summed E-state index contributed by atoms with van der Waals surface area (Å²) in [5.41, 5.74) is 0.831. The first-order chi connectivity index (χ1) is 8.67. The van der Waals surface area contributed by atoms with E-state index in [4.69, 9.17) is 4.74 Å². The Balaban J connectivity index is 2.42. The molecule has 1 fully saturated rings. The molecule has 1 aliphatic carbocycles. The van der Waals surface area contributed by atoms with Gasteiger partial charge in [0.25, 0.3) is 0 Å². The van der Waals surface area contributed by atoms with Gasteiger partial charge in [0, 0.05) is 6.26 Å². The predicted octanol–water partition coefficient (Wildman–Crippen LogP) is 1.97. The van der Waals surface area contributed by atoms with Gasteiger partial charge in [-0.05, 0) is 35.4 Å². The Morgan fingerprint density at radius 1 is 1.37 bits per heavy atom. The first-order valence-corrected chi connectivity index (χ1v) is 8.13. The summed E-state index contributed by atoms with van der Waals surface area (Å²) in [6.07, 6.45) is 1.56. The van der Waals surface area contributed by atoms with Crippen LogP contribution in [0.25, 0.3) is 0 Å². The fourth-order valence-corrected chi connectivity index (χ4v) is 3.50. The Morgan fingerprint density at radius 2 is 2.00 bits per heavy atom. The maximum absolute atomic E-state index is 11.6. The first-order valence-electron chi connectivity index (χ1n) is 6.24. The summed E-state index contributed by atoms with van der Waals surface area (Å²) in [6, 6.07) is 5.18. The van der Waals surface area contributed by atoms with Crippen molar-refractivity contribution in [3.05, 3.63) is 23.8 Å². The number of methoxy groups -OCH3 is 1. The van der Waals surface area contributed by atoms with Gasteiger partial charge in [0.15, 0.2) is 9.84 Å². The van der Waals surface area contributed by atoms with E-state index in [1.807, 2.05) is 19.9 Å². The molecule has 1 aliphatic rings. The summed E-state index contributed by atoms with van der Waals surface area (Å²) in [4.78, 5) is 0.205. The fourth-order valence-electron chi connectivity index (χ4n) is 2.68. The van der Waals surface area contributed by atoms with Crippen molar-refractivity contribution in [3.8, 4) is 5.75 Å². The molecule has 0 spiro atoms. The average molecular weight is 284 g/mol. The summed E-state index contributed by atoms with van der Waals surface area (Å²) in [6.45, 7) is 4.03. The SMILES string of the molecule is COc1cc(C2CC(O)C2(C)C)ccc1S(C)(=O)=O. The van der Waals surface area contributed by atoms with E-state index in [1.165, 1.54) is 13.4 Å². The van der Waals surface area contributed by atoms with Crippen LogP contribution in [0.2, 0.25) is 0 Å². The molecule has 19 heavy (non-hydrogen) atoms. The van der Waals surface area contributed by atoms with Crippen molar-refractivity contribution in [1.82, 2.24) is 0 Å². The summed E-state index contributed by atoms with van der Waals surface area (Å²) >= 11 is 0. The highest BCUT2D eigenvalue weighted by Crippen LogP contribution is 2.53. The van der Waals surface area contributed by atoms with E-state index in [-0.39, 0.29) is 22.3 Å². The fraction of sp³-hybridized carbons (Fsp3) is 0.571. The van der Waals surface area contributed by atoms with Crippen LogP contribution in [0, 0.1) is 5.41 Å². The van der Waals surface area contributed by atoms with E-state index in [0.717, 1.165) is 5.56 Å².